The molecular formula is C19H21FN2O4. The van der Waals surface area contributed by atoms with Gasteiger partial charge >= 0.3 is 0 Å². The van der Waals surface area contributed by atoms with Crippen molar-refractivity contribution in [3.05, 3.63) is 63.3 Å². The van der Waals surface area contributed by atoms with E-state index in [1.165, 1.54) is 31.4 Å². The van der Waals surface area contributed by atoms with Crippen LogP contribution in [0.3, 0.4) is 0 Å². The lowest BCUT2D eigenvalue weighted by Gasteiger charge is -2.38. The summed E-state index contributed by atoms with van der Waals surface area (Å²) in [6.45, 7) is 1.72. The summed E-state index contributed by atoms with van der Waals surface area (Å²) in [5.74, 6) is -0.637. The minimum absolute atomic E-state index is 0.0177. The van der Waals surface area contributed by atoms with Crippen LogP contribution in [0.2, 0.25) is 0 Å². The number of carbonyl (C=O) groups excluding carboxylic acids is 1. The second kappa shape index (κ2) is 7.29. The van der Waals surface area contributed by atoms with Gasteiger partial charge in [0.2, 0.25) is 0 Å². The average molecular weight is 360 g/mol. The Bertz CT molecular complexity index is 874. The summed E-state index contributed by atoms with van der Waals surface area (Å²) in [5.41, 5.74) is 0.634. The van der Waals surface area contributed by atoms with Crippen molar-refractivity contribution >= 4 is 5.91 Å². The Labute approximate surface area is 150 Å². The maximum Gasteiger partial charge on any atom is 0.260 e. The number of aromatic amines is 1. The number of aliphatic hydroxyl groups is 1. The number of methoxy groups -OCH3 is 1. The molecule has 1 amide bonds. The minimum atomic E-state index is -0.572. The van der Waals surface area contributed by atoms with Gasteiger partial charge in [0.15, 0.2) is 0 Å². The maximum absolute atomic E-state index is 13.8. The normalized spacial score (nSPS) is 20.2. The zero-order valence-electron chi connectivity index (χ0n) is 14.6. The van der Waals surface area contributed by atoms with E-state index in [9.17, 15) is 19.1 Å². The van der Waals surface area contributed by atoms with E-state index in [1.54, 1.807) is 13.0 Å². The number of carbonyl (C=O) groups is 1. The molecular weight excluding hydrogens is 339 g/mol. The highest BCUT2D eigenvalue weighted by Crippen LogP contribution is 2.41. The van der Waals surface area contributed by atoms with Gasteiger partial charge in [0, 0.05) is 11.3 Å². The van der Waals surface area contributed by atoms with Gasteiger partial charge < -0.3 is 20.1 Å². The monoisotopic (exact) mass is 360 g/mol. The Balaban J connectivity index is 1.94. The lowest BCUT2D eigenvalue weighted by Crippen LogP contribution is -2.42. The Morgan fingerprint density at radius 3 is 2.69 bits per heavy atom. The molecule has 3 rings (SSSR count). The third-order valence-corrected chi connectivity index (χ3v) is 4.73. The molecule has 0 bridgehead atoms. The van der Waals surface area contributed by atoms with Gasteiger partial charge in [-0.25, -0.2) is 4.39 Å². The Morgan fingerprint density at radius 2 is 2.08 bits per heavy atom. The zero-order chi connectivity index (χ0) is 18.8. The van der Waals surface area contributed by atoms with E-state index in [0.717, 1.165) is 0 Å². The topological polar surface area (TPSA) is 91.4 Å². The van der Waals surface area contributed by atoms with Gasteiger partial charge in [-0.3, -0.25) is 9.59 Å². The van der Waals surface area contributed by atoms with Crippen LogP contribution < -0.4 is 15.6 Å². The van der Waals surface area contributed by atoms with Crippen LogP contribution in [0.5, 0.6) is 5.75 Å². The molecule has 0 spiro atoms. The second-order valence-electron chi connectivity index (χ2n) is 6.61. The largest absolute Gasteiger partial charge is 0.496 e. The highest BCUT2D eigenvalue weighted by Gasteiger charge is 2.37. The fourth-order valence-corrected chi connectivity index (χ4v) is 3.27. The zero-order valence-corrected chi connectivity index (χ0v) is 14.6. The smallest absolute Gasteiger partial charge is 0.260 e. The molecule has 1 aromatic carbocycles. The Kier molecular flexibility index (Phi) is 5.08. The summed E-state index contributed by atoms with van der Waals surface area (Å²) in [4.78, 5) is 27.3. The van der Waals surface area contributed by atoms with Crippen molar-refractivity contribution in [2.45, 2.75) is 31.9 Å². The van der Waals surface area contributed by atoms with Gasteiger partial charge in [0.1, 0.15) is 17.1 Å². The molecule has 2 aromatic rings. The fraction of sp³-hybridized carbons (Fsp3) is 0.368. The van der Waals surface area contributed by atoms with Crippen molar-refractivity contribution in [2.75, 3.05) is 7.11 Å². The molecule has 1 fully saturated rings. The van der Waals surface area contributed by atoms with Crippen molar-refractivity contribution in [3.8, 4) is 5.75 Å². The molecule has 1 aliphatic carbocycles. The lowest BCUT2D eigenvalue weighted by atomic mass is 9.74. The lowest BCUT2D eigenvalue weighted by molar-refractivity contribution is 0.0231. The number of hydrogen-bond donors (Lipinski definition) is 3. The predicted molar refractivity (Wildman–Crippen MR) is 93.7 cm³/mol. The van der Waals surface area contributed by atoms with E-state index in [-0.39, 0.29) is 11.5 Å². The van der Waals surface area contributed by atoms with Gasteiger partial charge in [-0.05, 0) is 56.0 Å². The van der Waals surface area contributed by atoms with Crippen molar-refractivity contribution in [1.29, 1.82) is 0 Å². The van der Waals surface area contributed by atoms with Crippen LogP contribution in [0.15, 0.2) is 35.1 Å². The van der Waals surface area contributed by atoms with Crippen LogP contribution in [0.25, 0.3) is 0 Å². The third kappa shape index (κ3) is 3.62. The van der Waals surface area contributed by atoms with Crippen LogP contribution >= 0.6 is 0 Å². The number of pyridine rings is 1. The van der Waals surface area contributed by atoms with E-state index in [1.807, 2.05) is 0 Å². The first-order valence-corrected chi connectivity index (χ1v) is 8.41. The number of amides is 1. The number of H-pyrrole nitrogens is 1. The summed E-state index contributed by atoms with van der Waals surface area (Å²) in [5, 5.41) is 12.5. The minimum Gasteiger partial charge on any atom is -0.496 e. The third-order valence-electron chi connectivity index (χ3n) is 4.73. The predicted octanol–water partition coefficient (Wildman–Crippen LogP) is 2.07. The first kappa shape index (κ1) is 18.1. The molecule has 0 aliphatic heterocycles. The van der Waals surface area contributed by atoms with Crippen molar-refractivity contribution in [2.24, 2.45) is 5.92 Å². The molecule has 1 atom stereocenters. The summed E-state index contributed by atoms with van der Waals surface area (Å²) < 4.78 is 19.1. The quantitative estimate of drug-likeness (QED) is 0.761. The first-order valence-electron chi connectivity index (χ1n) is 8.41. The molecule has 1 heterocycles. The molecule has 1 aliphatic rings. The molecule has 0 saturated heterocycles. The van der Waals surface area contributed by atoms with Crippen LogP contribution in [-0.2, 0) is 0 Å². The number of ether oxygens (including phenoxy) is 1. The van der Waals surface area contributed by atoms with Gasteiger partial charge in [-0.15, -0.1) is 0 Å². The summed E-state index contributed by atoms with van der Waals surface area (Å²) in [7, 11) is 1.47. The van der Waals surface area contributed by atoms with E-state index in [4.69, 9.17) is 4.74 Å². The van der Waals surface area contributed by atoms with Gasteiger partial charge in [-0.1, -0.05) is 0 Å². The Hall–Kier alpha value is -2.67. The molecule has 1 aromatic heterocycles. The van der Waals surface area contributed by atoms with Crippen molar-refractivity contribution in [3.63, 3.8) is 0 Å². The standard InChI is InChI=1S/C19H21FN2O4/c1-10-3-5-14(18(24)21-10)19(25)22-17(11-7-13(23)8-11)15-9-12(20)4-6-16(15)26-2/h3-6,9,11,13,17,23H,7-8H2,1-2H3,(H,21,24)(H,22,25)/t11?,13?,17-/m0/s1. The Morgan fingerprint density at radius 1 is 1.35 bits per heavy atom. The highest BCUT2D eigenvalue weighted by atomic mass is 19.1. The van der Waals surface area contributed by atoms with Crippen LogP contribution in [0.1, 0.15) is 40.5 Å². The van der Waals surface area contributed by atoms with Crippen molar-refractivity contribution < 1.29 is 19.0 Å². The molecule has 6 nitrogen and oxygen atoms in total. The van der Waals surface area contributed by atoms with Gasteiger partial charge in [-0.2, -0.15) is 0 Å². The molecule has 0 radical (unpaired) electrons. The van der Waals surface area contributed by atoms with Crippen LogP contribution in [0, 0.1) is 18.7 Å². The fourth-order valence-electron chi connectivity index (χ4n) is 3.27. The van der Waals surface area contributed by atoms with E-state index in [2.05, 4.69) is 10.3 Å². The molecule has 3 N–H and O–H groups in total. The average Bonchev–Trinajstić information content (AvgIpc) is 2.57. The molecule has 7 heteroatoms. The SMILES string of the molecule is COc1ccc(F)cc1[C@@H](NC(=O)c1ccc(C)[nH]c1=O)C1CC(O)C1. The summed E-state index contributed by atoms with van der Waals surface area (Å²) >= 11 is 0. The van der Waals surface area contributed by atoms with Crippen molar-refractivity contribution in [1.82, 2.24) is 10.3 Å². The number of nitrogens with one attached hydrogen (secondary N) is 2. The van der Waals surface area contributed by atoms with Crippen LogP contribution in [0.4, 0.5) is 4.39 Å². The number of aromatic nitrogens is 1. The molecule has 0 unspecified atom stereocenters. The number of benzene rings is 1. The maximum atomic E-state index is 13.8. The first-order chi connectivity index (χ1) is 12.4. The number of aryl methyl sites for hydroxylation is 1. The highest BCUT2D eigenvalue weighted by molar-refractivity contribution is 5.94. The number of aliphatic hydroxyl groups excluding tert-OH is 1. The molecule has 1 saturated carbocycles. The number of hydrogen-bond acceptors (Lipinski definition) is 4. The summed E-state index contributed by atoms with van der Waals surface area (Å²) in [6.07, 6.45) is 0.519. The second-order valence-corrected chi connectivity index (χ2v) is 6.61. The summed E-state index contributed by atoms with van der Waals surface area (Å²) in [6, 6.07) is 6.62. The van der Waals surface area contributed by atoms with E-state index >= 15 is 0 Å². The van der Waals surface area contributed by atoms with Gasteiger partial charge in [0.25, 0.3) is 11.5 Å². The van der Waals surface area contributed by atoms with Crippen LogP contribution in [-0.4, -0.2) is 29.2 Å². The van der Waals surface area contributed by atoms with E-state index in [0.29, 0.717) is 29.8 Å². The molecule has 138 valence electrons. The number of halogens is 1. The number of rotatable bonds is 5. The van der Waals surface area contributed by atoms with E-state index < -0.39 is 29.4 Å². The molecule has 26 heavy (non-hydrogen) atoms. The van der Waals surface area contributed by atoms with Gasteiger partial charge in [0.05, 0.1) is 19.3 Å².